The molecule has 1 aliphatic rings. The molecule has 1 saturated heterocycles. The lowest BCUT2D eigenvalue weighted by molar-refractivity contribution is 0.153. The molecule has 1 heterocycles. The van der Waals surface area contributed by atoms with Crippen molar-refractivity contribution in [1.82, 2.24) is 10.2 Å². The van der Waals surface area contributed by atoms with Crippen LogP contribution in [-0.4, -0.2) is 37.1 Å². The van der Waals surface area contributed by atoms with E-state index in [9.17, 15) is 0 Å². The van der Waals surface area contributed by atoms with Crippen LogP contribution in [0.4, 0.5) is 0 Å². The minimum Gasteiger partial charge on any atom is -0.314 e. The molecule has 0 saturated carbocycles. The molecule has 0 spiro atoms. The standard InChI is InChI=1S/C13H28N2/c1-4-6-7-9-14-13-8-10-15(5-2)11-12(13)3/h12-14H,4-11H2,1-3H3. The normalized spacial score (nSPS) is 28.2. The molecule has 2 unspecified atom stereocenters. The Morgan fingerprint density at radius 1 is 1.27 bits per heavy atom. The summed E-state index contributed by atoms with van der Waals surface area (Å²) in [6.45, 7) is 11.9. The Morgan fingerprint density at radius 3 is 2.67 bits per heavy atom. The van der Waals surface area contributed by atoms with Gasteiger partial charge in [-0.25, -0.2) is 0 Å². The van der Waals surface area contributed by atoms with Crippen LogP contribution in [0.15, 0.2) is 0 Å². The van der Waals surface area contributed by atoms with Crippen molar-refractivity contribution in [2.45, 2.75) is 52.5 Å². The zero-order chi connectivity index (χ0) is 11.1. The van der Waals surface area contributed by atoms with E-state index >= 15 is 0 Å². The Kier molecular flexibility index (Phi) is 6.26. The fraction of sp³-hybridized carbons (Fsp3) is 1.00. The van der Waals surface area contributed by atoms with Gasteiger partial charge in [0.2, 0.25) is 0 Å². The van der Waals surface area contributed by atoms with Crippen molar-refractivity contribution in [2.75, 3.05) is 26.2 Å². The van der Waals surface area contributed by atoms with E-state index in [4.69, 9.17) is 0 Å². The largest absolute Gasteiger partial charge is 0.314 e. The van der Waals surface area contributed by atoms with Crippen molar-refractivity contribution < 1.29 is 0 Å². The van der Waals surface area contributed by atoms with Gasteiger partial charge in [-0.2, -0.15) is 0 Å². The van der Waals surface area contributed by atoms with E-state index in [-0.39, 0.29) is 0 Å². The van der Waals surface area contributed by atoms with Crippen molar-refractivity contribution in [2.24, 2.45) is 5.92 Å². The van der Waals surface area contributed by atoms with Crippen LogP contribution in [0.1, 0.15) is 46.5 Å². The molecular formula is C13H28N2. The second-order valence-electron chi connectivity index (χ2n) is 4.93. The topological polar surface area (TPSA) is 15.3 Å². The van der Waals surface area contributed by atoms with Gasteiger partial charge in [-0.1, -0.05) is 33.6 Å². The number of hydrogen-bond donors (Lipinski definition) is 1. The SMILES string of the molecule is CCCCCNC1CCN(CC)CC1C. The Balaban J connectivity index is 2.14. The molecule has 1 N–H and O–H groups in total. The summed E-state index contributed by atoms with van der Waals surface area (Å²) < 4.78 is 0. The molecule has 0 bridgehead atoms. The van der Waals surface area contributed by atoms with E-state index in [1.165, 1.54) is 51.9 Å². The quantitative estimate of drug-likeness (QED) is 0.681. The van der Waals surface area contributed by atoms with Crippen LogP contribution in [0.3, 0.4) is 0 Å². The first-order valence-corrected chi connectivity index (χ1v) is 6.73. The van der Waals surface area contributed by atoms with Crippen LogP contribution in [0.25, 0.3) is 0 Å². The number of rotatable bonds is 6. The van der Waals surface area contributed by atoms with Crippen molar-refractivity contribution in [3.05, 3.63) is 0 Å². The lowest BCUT2D eigenvalue weighted by Crippen LogP contribution is -2.48. The highest BCUT2D eigenvalue weighted by Crippen LogP contribution is 2.16. The molecule has 15 heavy (non-hydrogen) atoms. The average molecular weight is 212 g/mol. The smallest absolute Gasteiger partial charge is 0.0117 e. The van der Waals surface area contributed by atoms with Crippen molar-refractivity contribution in [1.29, 1.82) is 0 Å². The van der Waals surface area contributed by atoms with Gasteiger partial charge in [0.05, 0.1) is 0 Å². The third kappa shape index (κ3) is 4.52. The molecule has 0 amide bonds. The van der Waals surface area contributed by atoms with Crippen molar-refractivity contribution >= 4 is 0 Å². The number of hydrogen-bond acceptors (Lipinski definition) is 2. The van der Waals surface area contributed by atoms with Crippen LogP contribution in [0.2, 0.25) is 0 Å². The van der Waals surface area contributed by atoms with Gasteiger partial charge >= 0.3 is 0 Å². The van der Waals surface area contributed by atoms with E-state index in [2.05, 4.69) is 31.0 Å². The van der Waals surface area contributed by atoms with E-state index in [1.54, 1.807) is 0 Å². The molecule has 2 nitrogen and oxygen atoms in total. The first-order valence-electron chi connectivity index (χ1n) is 6.73. The first kappa shape index (κ1) is 13.0. The fourth-order valence-electron chi connectivity index (χ4n) is 2.48. The molecule has 2 heteroatoms. The molecule has 0 aromatic heterocycles. The van der Waals surface area contributed by atoms with Crippen LogP contribution in [0, 0.1) is 5.92 Å². The van der Waals surface area contributed by atoms with E-state index in [1.807, 2.05) is 0 Å². The van der Waals surface area contributed by atoms with Gasteiger partial charge in [0.1, 0.15) is 0 Å². The van der Waals surface area contributed by atoms with Gasteiger partial charge in [-0.15, -0.1) is 0 Å². The number of unbranched alkanes of at least 4 members (excludes halogenated alkanes) is 2. The number of piperidine rings is 1. The predicted molar refractivity (Wildman–Crippen MR) is 67.2 cm³/mol. The van der Waals surface area contributed by atoms with Gasteiger partial charge in [0, 0.05) is 12.6 Å². The molecule has 1 fully saturated rings. The molecule has 0 aromatic rings. The molecular weight excluding hydrogens is 184 g/mol. The highest BCUT2D eigenvalue weighted by Gasteiger charge is 2.24. The highest BCUT2D eigenvalue weighted by atomic mass is 15.1. The first-order chi connectivity index (χ1) is 7.27. The van der Waals surface area contributed by atoms with Gasteiger partial charge in [-0.3, -0.25) is 0 Å². The maximum absolute atomic E-state index is 3.72. The Labute approximate surface area is 95.4 Å². The number of likely N-dealkylation sites (tertiary alicyclic amines) is 1. The Morgan fingerprint density at radius 2 is 2.07 bits per heavy atom. The highest BCUT2D eigenvalue weighted by molar-refractivity contribution is 4.82. The van der Waals surface area contributed by atoms with Gasteiger partial charge < -0.3 is 10.2 Å². The summed E-state index contributed by atoms with van der Waals surface area (Å²) in [4.78, 5) is 2.56. The monoisotopic (exact) mass is 212 g/mol. The van der Waals surface area contributed by atoms with E-state index in [0.717, 1.165) is 12.0 Å². The molecule has 2 atom stereocenters. The third-order valence-corrected chi connectivity index (χ3v) is 3.62. The predicted octanol–water partition coefficient (Wildman–Crippen LogP) is 2.50. The maximum Gasteiger partial charge on any atom is 0.0117 e. The van der Waals surface area contributed by atoms with Crippen molar-refractivity contribution in [3.63, 3.8) is 0 Å². The van der Waals surface area contributed by atoms with Crippen molar-refractivity contribution in [3.8, 4) is 0 Å². The minimum absolute atomic E-state index is 0.768. The third-order valence-electron chi connectivity index (χ3n) is 3.62. The summed E-state index contributed by atoms with van der Waals surface area (Å²) in [7, 11) is 0. The summed E-state index contributed by atoms with van der Waals surface area (Å²) in [5, 5.41) is 3.72. The molecule has 0 aliphatic carbocycles. The van der Waals surface area contributed by atoms with Gasteiger partial charge in [-0.05, 0) is 38.4 Å². The number of nitrogens with one attached hydrogen (secondary N) is 1. The molecule has 90 valence electrons. The van der Waals surface area contributed by atoms with E-state index in [0.29, 0.717) is 0 Å². The van der Waals surface area contributed by atoms with Gasteiger partial charge in [0.15, 0.2) is 0 Å². The van der Waals surface area contributed by atoms with Crippen LogP contribution < -0.4 is 5.32 Å². The lowest BCUT2D eigenvalue weighted by Gasteiger charge is -2.36. The second-order valence-corrected chi connectivity index (χ2v) is 4.93. The Hall–Kier alpha value is -0.0800. The summed E-state index contributed by atoms with van der Waals surface area (Å²) in [5.41, 5.74) is 0. The molecule has 0 aromatic carbocycles. The summed E-state index contributed by atoms with van der Waals surface area (Å²) in [6, 6.07) is 0.768. The fourth-order valence-corrected chi connectivity index (χ4v) is 2.48. The summed E-state index contributed by atoms with van der Waals surface area (Å²) in [5.74, 6) is 0.820. The molecule has 1 aliphatic heterocycles. The number of nitrogens with zero attached hydrogens (tertiary/aromatic N) is 1. The van der Waals surface area contributed by atoms with E-state index < -0.39 is 0 Å². The Bertz CT molecular complexity index is 159. The maximum atomic E-state index is 3.72. The zero-order valence-electron chi connectivity index (χ0n) is 10.8. The van der Waals surface area contributed by atoms with Gasteiger partial charge in [0.25, 0.3) is 0 Å². The molecule has 1 rings (SSSR count). The lowest BCUT2D eigenvalue weighted by atomic mass is 9.94. The second kappa shape index (κ2) is 7.24. The summed E-state index contributed by atoms with van der Waals surface area (Å²) in [6.07, 6.45) is 5.37. The summed E-state index contributed by atoms with van der Waals surface area (Å²) >= 11 is 0. The molecule has 0 radical (unpaired) electrons. The average Bonchev–Trinajstić information content (AvgIpc) is 2.26. The van der Waals surface area contributed by atoms with Crippen LogP contribution in [0.5, 0.6) is 0 Å². The van der Waals surface area contributed by atoms with Crippen LogP contribution >= 0.6 is 0 Å². The van der Waals surface area contributed by atoms with Crippen LogP contribution in [-0.2, 0) is 0 Å². The minimum atomic E-state index is 0.768. The zero-order valence-corrected chi connectivity index (χ0v) is 10.8.